The van der Waals surface area contributed by atoms with Gasteiger partial charge in [-0.3, -0.25) is 0 Å². The number of ether oxygens (including phenoxy) is 1. The Morgan fingerprint density at radius 2 is 2.17 bits per heavy atom. The molecule has 0 aliphatic carbocycles. The van der Waals surface area contributed by atoms with Crippen LogP contribution in [-0.2, 0) is 0 Å². The number of thioether (sulfide) groups is 1. The molecule has 0 unspecified atom stereocenters. The lowest BCUT2D eigenvalue weighted by atomic mass is 10.3. The van der Waals surface area contributed by atoms with E-state index >= 15 is 0 Å². The van der Waals surface area contributed by atoms with Crippen molar-refractivity contribution in [2.75, 3.05) is 12.4 Å². The highest BCUT2D eigenvalue weighted by molar-refractivity contribution is 8.01. The number of nitrogens with zero attached hydrogens (tertiary/aromatic N) is 2. The van der Waals surface area contributed by atoms with Gasteiger partial charge in [-0.1, -0.05) is 23.1 Å². The normalized spacial score (nSPS) is 12.3. The number of halogens is 1. The highest BCUT2D eigenvalue weighted by Crippen LogP contribution is 2.20. The van der Waals surface area contributed by atoms with Crippen molar-refractivity contribution in [3.8, 4) is 5.75 Å². The van der Waals surface area contributed by atoms with E-state index in [1.54, 1.807) is 5.51 Å². The fourth-order valence-electron chi connectivity index (χ4n) is 1.16. The molecule has 7 heteroatoms. The van der Waals surface area contributed by atoms with Crippen molar-refractivity contribution >= 4 is 23.1 Å². The van der Waals surface area contributed by atoms with E-state index in [0.717, 1.165) is 4.34 Å². The zero-order chi connectivity index (χ0) is 12.8. The van der Waals surface area contributed by atoms with Crippen LogP contribution in [0.4, 0.5) is 4.39 Å². The highest BCUT2D eigenvalue weighted by Gasteiger charge is 2.08. The first kappa shape index (κ1) is 13.3. The van der Waals surface area contributed by atoms with Gasteiger partial charge in [-0.05, 0) is 24.3 Å². The quantitative estimate of drug-likeness (QED) is 0.825. The Bertz CT molecular complexity index is 464. The molecule has 0 bridgehead atoms. The maximum absolute atomic E-state index is 12.6. The van der Waals surface area contributed by atoms with Gasteiger partial charge >= 0.3 is 0 Å². The van der Waals surface area contributed by atoms with Crippen molar-refractivity contribution in [1.82, 2.24) is 10.2 Å². The van der Waals surface area contributed by atoms with Gasteiger partial charge in [-0.25, -0.2) is 4.39 Å². The molecule has 0 radical (unpaired) electrons. The van der Waals surface area contributed by atoms with Crippen LogP contribution in [0.1, 0.15) is 0 Å². The number of hydrogen-bond acceptors (Lipinski definition) is 6. The topological polar surface area (TPSA) is 55.2 Å². The molecule has 0 saturated heterocycles. The zero-order valence-corrected chi connectivity index (χ0v) is 11.0. The molecule has 96 valence electrons. The SMILES string of the molecule is O[C@H](COc1ccc(F)cc1)CSc1nncs1. The fourth-order valence-corrected chi connectivity index (χ4v) is 2.58. The monoisotopic (exact) mass is 286 g/mol. The maximum atomic E-state index is 12.6. The van der Waals surface area contributed by atoms with Crippen molar-refractivity contribution < 1.29 is 14.2 Å². The van der Waals surface area contributed by atoms with Crippen LogP contribution in [0.25, 0.3) is 0 Å². The van der Waals surface area contributed by atoms with E-state index in [-0.39, 0.29) is 12.4 Å². The molecule has 2 rings (SSSR count). The van der Waals surface area contributed by atoms with E-state index in [1.807, 2.05) is 0 Å². The highest BCUT2D eigenvalue weighted by atomic mass is 32.2. The molecule has 0 amide bonds. The average Bonchev–Trinajstić information content (AvgIpc) is 2.89. The molecule has 1 aromatic carbocycles. The molecule has 0 fully saturated rings. The Morgan fingerprint density at radius 1 is 1.39 bits per heavy atom. The third-order valence-corrected chi connectivity index (χ3v) is 4.00. The molecule has 2 aromatic rings. The smallest absolute Gasteiger partial charge is 0.174 e. The summed E-state index contributed by atoms with van der Waals surface area (Å²) in [5, 5.41) is 17.3. The number of rotatable bonds is 6. The minimum Gasteiger partial charge on any atom is -0.491 e. The van der Waals surface area contributed by atoms with Crippen molar-refractivity contribution in [1.29, 1.82) is 0 Å². The van der Waals surface area contributed by atoms with Crippen molar-refractivity contribution in [3.63, 3.8) is 0 Å². The van der Waals surface area contributed by atoms with E-state index in [0.29, 0.717) is 11.5 Å². The van der Waals surface area contributed by atoms with Crippen LogP contribution in [0.3, 0.4) is 0 Å². The van der Waals surface area contributed by atoms with Gasteiger partial charge in [0.2, 0.25) is 0 Å². The number of aromatic nitrogens is 2. The predicted octanol–water partition coefficient (Wildman–Crippen LogP) is 2.21. The van der Waals surface area contributed by atoms with Gasteiger partial charge in [0.15, 0.2) is 4.34 Å². The summed E-state index contributed by atoms with van der Waals surface area (Å²) in [7, 11) is 0. The molecular weight excluding hydrogens is 275 g/mol. The van der Waals surface area contributed by atoms with Gasteiger partial charge < -0.3 is 9.84 Å². The molecule has 18 heavy (non-hydrogen) atoms. The largest absolute Gasteiger partial charge is 0.491 e. The summed E-state index contributed by atoms with van der Waals surface area (Å²) in [5.74, 6) is 0.710. The molecule has 0 aliphatic rings. The summed E-state index contributed by atoms with van der Waals surface area (Å²) >= 11 is 2.86. The Labute approximate surface area is 112 Å². The van der Waals surface area contributed by atoms with Gasteiger partial charge in [0, 0.05) is 5.75 Å². The molecular formula is C11H11FN2O2S2. The van der Waals surface area contributed by atoms with Crippen molar-refractivity contribution in [2.45, 2.75) is 10.4 Å². The first-order valence-electron chi connectivity index (χ1n) is 5.19. The molecule has 1 atom stereocenters. The van der Waals surface area contributed by atoms with E-state index in [2.05, 4.69) is 10.2 Å². The maximum Gasteiger partial charge on any atom is 0.174 e. The summed E-state index contributed by atoms with van der Waals surface area (Å²) < 4.78 is 18.8. The third-order valence-electron chi connectivity index (χ3n) is 2.00. The Hall–Kier alpha value is -1.18. The second-order valence-corrected chi connectivity index (χ2v) is 5.53. The molecule has 1 heterocycles. The van der Waals surface area contributed by atoms with Crippen LogP contribution < -0.4 is 4.74 Å². The standard InChI is InChI=1S/C11H11FN2O2S2/c12-8-1-3-10(4-2-8)16-5-9(15)6-17-11-14-13-7-18-11/h1-4,7,9,15H,5-6H2/t9-/m1/s1. The van der Waals surface area contributed by atoms with Crippen LogP contribution in [-0.4, -0.2) is 33.8 Å². The predicted molar refractivity (Wildman–Crippen MR) is 68.5 cm³/mol. The van der Waals surface area contributed by atoms with Gasteiger partial charge in [-0.15, -0.1) is 10.2 Å². The minimum absolute atomic E-state index is 0.164. The summed E-state index contributed by atoms with van der Waals surface area (Å²) in [6.45, 7) is 0.164. The Morgan fingerprint density at radius 3 is 2.83 bits per heavy atom. The summed E-state index contributed by atoms with van der Waals surface area (Å²) in [5.41, 5.74) is 1.64. The first-order chi connectivity index (χ1) is 8.74. The van der Waals surface area contributed by atoms with Crippen molar-refractivity contribution in [2.24, 2.45) is 0 Å². The number of hydrogen-bond donors (Lipinski definition) is 1. The van der Waals surface area contributed by atoms with Gasteiger partial charge in [0.1, 0.15) is 23.7 Å². The molecule has 0 saturated carbocycles. The number of aliphatic hydroxyl groups excluding tert-OH is 1. The van der Waals surface area contributed by atoms with Crippen LogP contribution in [0.2, 0.25) is 0 Å². The average molecular weight is 286 g/mol. The molecule has 0 aliphatic heterocycles. The van der Waals surface area contributed by atoms with Crippen LogP contribution in [0.15, 0.2) is 34.1 Å². The van der Waals surface area contributed by atoms with Gasteiger partial charge in [0.05, 0.1) is 6.10 Å². The van der Waals surface area contributed by atoms with E-state index in [4.69, 9.17) is 4.74 Å². The summed E-state index contributed by atoms with van der Waals surface area (Å²) in [4.78, 5) is 0. The second-order valence-electron chi connectivity index (χ2n) is 3.43. The van der Waals surface area contributed by atoms with E-state index in [1.165, 1.54) is 47.4 Å². The lowest BCUT2D eigenvalue weighted by Crippen LogP contribution is -2.20. The van der Waals surface area contributed by atoms with Crippen LogP contribution in [0.5, 0.6) is 5.75 Å². The Kier molecular flexibility index (Phi) is 4.91. The second kappa shape index (κ2) is 6.67. The minimum atomic E-state index is -0.607. The Balaban J connectivity index is 1.71. The molecule has 4 nitrogen and oxygen atoms in total. The molecule has 1 N–H and O–H groups in total. The van der Waals surface area contributed by atoms with E-state index in [9.17, 15) is 9.50 Å². The van der Waals surface area contributed by atoms with E-state index < -0.39 is 6.10 Å². The van der Waals surface area contributed by atoms with Crippen LogP contribution >= 0.6 is 23.1 Å². The fraction of sp³-hybridized carbons (Fsp3) is 0.273. The third kappa shape index (κ3) is 4.25. The molecule has 0 spiro atoms. The summed E-state index contributed by atoms with van der Waals surface area (Å²) in [6, 6.07) is 5.69. The first-order valence-corrected chi connectivity index (χ1v) is 7.06. The molecule has 1 aromatic heterocycles. The van der Waals surface area contributed by atoms with Crippen LogP contribution in [0, 0.1) is 5.82 Å². The lowest BCUT2D eigenvalue weighted by molar-refractivity contribution is 0.126. The van der Waals surface area contributed by atoms with Gasteiger partial charge in [0.25, 0.3) is 0 Å². The lowest BCUT2D eigenvalue weighted by Gasteiger charge is -2.11. The van der Waals surface area contributed by atoms with Gasteiger partial charge in [-0.2, -0.15) is 0 Å². The van der Waals surface area contributed by atoms with Crippen molar-refractivity contribution in [3.05, 3.63) is 35.6 Å². The zero-order valence-electron chi connectivity index (χ0n) is 9.32. The summed E-state index contributed by atoms with van der Waals surface area (Å²) in [6.07, 6.45) is -0.607. The number of aliphatic hydroxyl groups is 1. The number of benzene rings is 1.